The van der Waals surface area contributed by atoms with E-state index >= 15 is 0 Å². The van der Waals surface area contributed by atoms with Gasteiger partial charge in [-0.15, -0.1) is 0 Å². The Kier molecular flexibility index (Phi) is 10.8. The van der Waals surface area contributed by atoms with Gasteiger partial charge in [-0.3, -0.25) is 0 Å². The van der Waals surface area contributed by atoms with Crippen molar-refractivity contribution < 1.29 is 79.5 Å². The lowest BCUT2D eigenvalue weighted by atomic mass is 9.98. The molecule has 224 valence electrons. The van der Waals surface area contributed by atoms with Crippen LogP contribution < -0.4 is 0 Å². The van der Waals surface area contributed by atoms with E-state index in [0.29, 0.717) is 0 Å². The van der Waals surface area contributed by atoms with E-state index in [-0.39, 0.29) is 6.61 Å². The number of ether oxygens (including phenoxy) is 6. The first kappa shape index (κ1) is 31.9. The van der Waals surface area contributed by atoms with Crippen LogP contribution in [0.2, 0.25) is 0 Å². The van der Waals surface area contributed by atoms with Gasteiger partial charge in [-0.2, -0.15) is 0 Å². The molecule has 3 rings (SSSR count). The molecule has 10 N–H and O–H groups in total. The van der Waals surface area contributed by atoms with Crippen LogP contribution in [0.5, 0.6) is 0 Å². The maximum atomic E-state index is 10.4. The van der Waals surface area contributed by atoms with E-state index in [1.54, 1.807) is 20.8 Å². The maximum absolute atomic E-state index is 10.4. The van der Waals surface area contributed by atoms with Crippen molar-refractivity contribution in [3.8, 4) is 0 Å². The van der Waals surface area contributed by atoms with Crippen LogP contribution in [0, 0.1) is 0 Å². The summed E-state index contributed by atoms with van der Waals surface area (Å²) in [6.07, 6.45) is -23.9. The summed E-state index contributed by atoms with van der Waals surface area (Å²) in [7, 11) is 0. The van der Waals surface area contributed by atoms with E-state index in [1.807, 2.05) is 0 Å². The molecule has 3 aliphatic heterocycles. The van der Waals surface area contributed by atoms with Crippen LogP contribution in [0.25, 0.3) is 0 Å². The molecule has 3 aliphatic rings. The number of hydrogen-bond donors (Lipinski definition) is 10. The molecule has 0 amide bonds. The number of rotatable bonds is 8. The Bertz CT molecular complexity index is 737. The lowest BCUT2D eigenvalue weighted by Crippen LogP contribution is -2.62. The summed E-state index contributed by atoms with van der Waals surface area (Å²) in [4.78, 5) is 0. The van der Waals surface area contributed by atoms with Crippen LogP contribution in [-0.4, -0.2) is 169 Å². The van der Waals surface area contributed by atoms with Crippen molar-refractivity contribution in [2.45, 2.75) is 118 Å². The monoisotopic (exact) mass is 560 g/mol. The van der Waals surface area contributed by atoms with Gasteiger partial charge in [-0.25, -0.2) is 0 Å². The van der Waals surface area contributed by atoms with Gasteiger partial charge in [-0.1, -0.05) is 0 Å². The quantitative estimate of drug-likeness (QED) is 0.133. The zero-order valence-corrected chi connectivity index (χ0v) is 21.2. The van der Waals surface area contributed by atoms with Crippen molar-refractivity contribution in [1.82, 2.24) is 0 Å². The van der Waals surface area contributed by atoms with Crippen LogP contribution >= 0.6 is 0 Å². The van der Waals surface area contributed by atoms with Crippen LogP contribution in [0.15, 0.2) is 0 Å². The summed E-state index contributed by atoms with van der Waals surface area (Å²) >= 11 is 0. The third kappa shape index (κ3) is 7.35. The van der Waals surface area contributed by atoms with Gasteiger partial charge in [0.05, 0.1) is 25.4 Å². The molecule has 3 heterocycles. The van der Waals surface area contributed by atoms with Crippen molar-refractivity contribution in [2.75, 3.05) is 19.8 Å². The van der Waals surface area contributed by atoms with Gasteiger partial charge < -0.3 is 79.5 Å². The molecule has 3 saturated heterocycles. The number of aliphatic hydroxyl groups excluding tert-OH is 10. The molecule has 0 spiro atoms. The summed E-state index contributed by atoms with van der Waals surface area (Å²) in [5.41, 5.74) is -0.582. The minimum Gasteiger partial charge on any atom is -0.387 e. The topological polar surface area (TPSA) is 258 Å². The van der Waals surface area contributed by atoms with Crippen molar-refractivity contribution in [1.29, 1.82) is 0 Å². The summed E-state index contributed by atoms with van der Waals surface area (Å²) in [5, 5.41) is 101. The van der Waals surface area contributed by atoms with Crippen LogP contribution in [-0.2, 0) is 28.4 Å². The van der Waals surface area contributed by atoms with Crippen molar-refractivity contribution >= 4 is 0 Å². The Morgan fingerprint density at radius 3 is 1.26 bits per heavy atom. The largest absolute Gasteiger partial charge is 0.387 e. The normalized spacial score (nSPS) is 48.7. The summed E-state index contributed by atoms with van der Waals surface area (Å²) in [5.74, 6) is 0. The summed E-state index contributed by atoms with van der Waals surface area (Å²) < 4.78 is 32.4. The molecule has 0 radical (unpaired) electrons. The van der Waals surface area contributed by atoms with Gasteiger partial charge in [0, 0.05) is 0 Å². The smallest absolute Gasteiger partial charge is 0.186 e. The van der Waals surface area contributed by atoms with Gasteiger partial charge in [0.1, 0.15) is 73.2 Å². The highest BCUT2D eigenvalue weighted by molar-refractivity contribution is 4.93. The first-order valence-corrected chi connectivity index (χ1v) is 12.3. The van der Waals surface area contributed by atoms with E-state index in [0.717, 1.165) is 0 Å². The Hall–Kier alpha value is -0.640. The molecule has 6 unspecified atom stereocenters. The van der Waals surface area contributed by atoms with Crippen molar-refractivity contribution in [2.24, 2.45) is 0 Å². The Balaban J connectivity index is 1.59. The minimum atomic E-state index is -1.82. The van der Waals surface area contributed by atoms with Crippen LogP contribution in [0.4, 0.5) is 0 Å². The molecule has 0 saturated carbocycles. The molecule has 0 bridgehead atoms. The lowest BCUT2D eigenvalue weighted by Gasteiger charge is -2.43. The molecule has 15 atom stereocenters. The first-order valence-electron chi connectivity index (χ1n) is 12.3. The molecule has 38 heavy (non-hydrogen) atoms. The SMILES string of the molecule is CC(C)(C)OCC1O[C@H](OCC2O[C@H](OCC3O[C@H](O)C(O)[C@H](O)[C@@H]3O)C(O)[C@H](O)[C@@H]2O)C(O)[C@H](O)[C@@H]1O. The van der Waals surface area contributed by atoms with E-state index in [2.05, 4.69) is 0 Å². The second kappa shape index (κ2) is 12.9. The molecule has 0 aromatic rings. The van der Waals surface area contributed by atoms with Crippen molar-refractivity contribution in [3.63, 3.8) is 0 Å². The second-order valence-electron chi connectivity index (χ2n) is 10.7. The van der Waals surface area contributed by atoms with Gasteiger partial charge in [-0.05, 0) is 20.8 Å². The molecule has 0 aromatic carbocycles. The number of aliphatic hydroxyl groups is 10. The van der Waals surface area contributed by atoms with Crippen molar-refractivity contribution in [3.05, 3.63) is 0 Å². The maximum Gasteiger partial charge on any atom is 0.186 e. The van der Waals surface area contributed by atoms with Crippen LogP contribution in [0.3, 0.4) is 0 Å². The highest BCUT2D eigenvalue weighted by Crippen LogP contribution is 2.28. The molecule has 3 fully saturated rings. The zero-order chi connectivity index (χ0) is 28.5. The van der Waals surface area contributed by atoms with Gasteiger partial charge in [0.2, 0.25) is 0 Å². The lowest BCUT2D eigenvalue weighted by molar-refractivity contribution is -0.341. The minimum absolute atomic E-state index is 0.132. The fraction of sp³-hybridized carbons (Fsp3) is 1.00. The third-order valence-electron chi connectivity index (χ3n) is 6.55. The molecule has 0 aromatic heterocycles. The third-order valence-corrected chi connectivity index (χ3v) is 6.55. The molecular formula is C22H40O16. The zero-order valence-electron chi connectivity index (χ0n) is 21.2. The average Bonchev–Trinajstić information content (AvgIpc) is 2.86. The second-order valence-corrected chi connectivity index (χ2v) is 10.7. The predicted octanol–water partition coefficient (Wildman–Crippen LogP) is -5.75. The van der Waals surface area contributed by atoms with Gasteiger partial charge >= 0.3 is 0 Å². The Morgan fingerprint density at radius 2 is 0.842 bits per heavy atom. The fourth-order valence-corrected chi connectivity index (χ4v) is 4.16. The van der Waals surface area contributed by atoms with Gasteiger partial charge in [0.25, 0.3) is 0 Å². The van der Waals surface area contributed by atoms with E-state index in [9.17, 15) is 51.1 Å². The molecule has 0 aliphatic carbocycles. The highest BCUT2D eigenvalue weighted by atomic mass is 16.7. The van der Waals surface area contributed by atoms with E-state index in [1.165, 1.54) is 0 Å². The average molecular weight is 561 g/mol. The van der Waals surface area contributed by atoms with E-state index < -0.39 is 111 Å². The Morgan fingerprint density at radius 1 is 0.474 bits per heavy atom. The molecule has 16 nitrogen and oxygen atoms in total. The predicted molar refractivity (Wildman–Crippen MR) is 120 cm³/mol. The number of hydrogen-bond acceptors (Lipinski definition) is 16. The highest BCUT2D eigenvalue weighted by Gasteiger charge is 2.49. The standard InChI is InChI=1S/C22H40O16/c1-22(2,3)35-6-9-12(25)15(28)18(31)21(38-9)34-5-8-11(24)14(27)17(30)20(37-8)33-4-7-10(23)13(26)16(29)19(32)36-7/h7-21,23-32H,4-6H2,1-3H3/t7?,8?,9?,10-,11-,12-,13-,14-,15-,16?,17?,18?,19+,20+,21+/m1/s1. The molecular weight excluding hydrogens is 520 g/mol. The fourth-order valence-electron chi connectivity index (χ4n) is 4.16. The summed E-state index contributed by atoms with van der Waals surface area (Å²) in [6, 6.07) is 0. The van der Waals surface area contributed by atoms with Gasteiger partial charge in [0.15, 0.2) is 18.9 Å². The molecule has 16 heteroatoms. The Labute approximate surface area is 218 Å². The first-order chi connectivity index (χ1) is 17.6. The summed E-state index contributed by atoms with van der Waals surface area (Å²) in [6.45, 7) is 4.09. The van der Waals surface area contributed by atoms with E-state index in [4.69, 9.17) is 28.4 Å². The van der Waals surface area contributed by atoms with Crippen LogP contribution in [0.1, 0.15) is 20.8 Å².